The Balaban J connectivity index is 1.52. The van der Waals surface area contributed by atoms with Gasteiger partial charge in [0.05, 0.1) is 27.2 Å². The van der Waals surface area contributed by atoms with Crippen LogP contribution < -0.4 is 5.32 Å². The summed E-state index contributed by atoms with van der Waals surface area (Å²) in [5, 5.41) is 13.6. The fourth-order valence-electron chi connectivity index (χ4n) is 3.32. The minimum Gasteiger partial charge on any atom is -0.449 e. The first-order valence-electron chi connectivity index (χ1n) is 10.1. The maximum Gasteiger partial charge on any atom is 0.339 e. The summed E-state index contributed by atoms with van der Waals surface area (Å²) in [6.07, 6.45) is -1.14. The molecule has 0 fully saturated rings. The van der Waals surface area contributed by atoms with E-state index < -0.39 is 22.9 Å². The molecule has 0 aliphatic rings. The maximum absolute atomic E-state index is 12.9. The summed E-state index contributed by atoms with van der Waals surface area (Å²) in [5.74, 6) is -0.786. The molecule has 0 bridgehead atoms. The number of carbonyl (C=O) groups excluding carboxylic acids is 2. The van der Waals surface area contributed by atoms with Crippen molar-refractivity contribution in [2.45, 2.75) is 20.0 Å². The van der Waals surface area contributed by atoms with Crippen LogP contribution in [0.2, 0.25) is 0 Å². The number of hydrogen-bond donors (Lipinski definition) is 2. The van der Waals surface area contributed by atoms with Gasteiger partial charge in [0, 0.05) is 17.7 Å². The number of anilines is 1. The summed E-state index contributed by atoms with van der Waals surface area (Å²) in [7, 11) is 0. The quantitative estimate of drug-likeness (QED) is 0.254. The molecular weight excluding hydrogens is 424 g/mol. The highest BCUT2D eigenvalue weighted by atomic mass is 16.6. The molecule has 1 aromatic heterocycles. The van der Waals surface area contributed by atoms with E-state index in [1.54, 1.807) is 31.2 Å². The monoisotopic (exact) mass is 444 g/mol. The Morgan fingerprint density at radius 1 is 1.09 bits per heavy atom. The van der Waals surface area contributed by atoms with Crippen molar-refractivity contribution in [1.82, 2.24) is 9.97 Å². The fourth-order valence-corrected chi connectivity index (χ4v) is 3.32. The third kappa shape index (κ3) is 4.57. The number of benzene rings is 3. The number of nitrogens with one attached hydrogen (secondary N) is 2. The van der Waals surface area contributed by atoms with Crippen LogP contribution in [-0.4, -0.2) is 32.9 Å². The predicted octanol–water partition coefficient (Wildman–Crippen LogP) is 4.63. The van der Waals surface area contributed by atoms with Crippen molar-refractivity contribution in [1.29, 1.82) is 0 Å². The lowest BCUT2D eigenvalue weighted by molar-refractivity contribution is -0.384. The van der Waals surface area contributed by atoms with Gasteiger partial charge in [0.2, 0.25) is 0 Å². The molecule has 0 saturated carbocycles. The number of rotatable bonds is 6. The van der Waals surface area contributed by atoms with E-state index in [4.69, 9.17) is 4.74 Å². The summed E-state index contributed by atoms with van der Waals surface area (Å²) >= 11 is 0. The number of ether oxygens (including phenoxy) is 1. The second kappa shape index (κ2) is 8.91. The van der Waals surface area contributed by atoms with E-state index in [-0.39, 0.29) is 16.9 Å². The summed E-state index contributed by atoms with van der Waals surface area (Å²) in [6.45, 7) is 3.14. The summed E-state index contributed by atoms with van der Waals surface area (Å²) in [5.41, 5.74) is 3.15. The van der Waals surface area contributed by atoms with Gasteiger partial charge < -0.3 is 15.0 Å². The minimum atomic E-state index is -1.14. The first kappa shape index (κ1) is 21.7. The number of fused-ring (bicyclic) bond motifs is 1. The van der Waals surface area contributed by atoms with Gasteiger partial charge in [-0.1, -0.05) is 36.4 Å². The normalized spacial score (nSPS) is 11.7. The fraction of sp³-hybridized carbons (Fsp3) is 0.125. The van der Waals surface area contributed by atoms with E-state index in [1.807, 2.05) is 24.3 Å². The Morgan fingerprint density at radius 2 is 1.82 bits per heavy atom. The molecule has 3 aromatic carbocycles. The number of aromatic amines is 1. The Labute approximate surface area is 188 Å². The zero-order valence-electron chi connectivity index (χ0n) is 17.9. The van der Waals surface area contributed by atoms with Crippen LogP contribution in [0.25, 0.3) is 22.4 Å². The SMILES string of the molecule is Cc1ccc([N+](=O)[O-])cc1NC(=O)C(C)OC(=O)c1ccccc1-c1nc2ccccc2[nH]1. The van der Waals surface area contributed by atoms with Gasteiger partial charge in [0.25, 0.3) is 11.6 Å². The van der Waals surface area contributed by atoms with Gasteiger partial charge in [-0.15, -0.1) is 0 Å². The smallest absolute Gasteiger partial charge is 0.339 e. The number of aryl methyl sites for hydroxylation is 1. The number of nitro benzene ring substituents is 1. The third-order valence-electron chi connectivity index (χ3n) is 5.13. The van der Waals surface area contributed by atoms with Crippen molar-refractivity contribution >= 4 is 34.3 Å². The van der Waals surface area contributed by atoms with Gasteiger partial charge >= 0.3 is 5.97 Å². The molecule has 9 heteroatoms. The van der Waals surface area contributed by atoms with Crippen LogP contribution in [-0.2, 0) is 9.53 Å². The number of esters is 1. The van der Waals surface area contributed by atoms with Crippen LogP contribution in [0, 0.1) is 17.0 Å². The van der Waals surface area contributed by atoms with Crippen LogP contribution in [0.5, 0.6) is 0 Å². The number of H-pyrrole nitrogens is 1. The molecule has 4 rings (SSSR count). The van der Waals surface area contributed by atoms with Crippen molar-refractivity contribution < 1.29 is 19.2 Å². The molecule has 0 saturated heterocycles. The van der Waals surface area contributed by atoms with Crippen LogP contribution in [0.1, 0.15) is 22.8 Å². The highest BCUT2D eigenvalue weighted by molar-refractivity contribution is 6.00. The molecule has 1 unspecified atom stereocenters. The zero-order valence-corrected chi connectivity index (χ0v) is 17.9. The van der Waals surface area contributed by atoms with E-state index in [2.05, 4.69) is 15.3 Å². The van der Waals surface area contributed by atoms with E-state index in [0.717, 1.165) is 11.0 Å². The van der Waals surface area contributed by atoms with E-state index in [9.17, 15) is 19.7 Å². The standard InChI is InChI=1S/C24H20N4O5/c1-14-11-12-16(28(31)32)13-21(14)27-23(29)15(2)33-24(30)18-8-4-3-7-17(18)22-25-19-9-5-6-10-20(19)26-22/h3-13,15H,1-2H3,(H,25,26)(H,27,29). The number of carbonyl (C=O) groups is 2. The Kier molecular flexibility index (Phi) is 5.86. The average molecular weight is 444 g/mol. The topological polar surface area (TPSA) is 127 Å². The molecule has 2 N–H and O–H groups in total. The first-order valence-corrected chi connectivity index (χ1v) is 10.1. The second-order valence-electron chi connectivity index (χ2n) is 7.44. The molecule has 166 valence electrons. The number of nitro groups is 1. The number of imidazole rings is 1. The molecule has 0 radical (unpaired) electrons. The molecule has 1 atom stereocenters. The number of nitrogens with zero attached hydrogens (tertiary/aromatic N) is 2. The van der Waals surface area contributed by atoms with Gasteiger partial charge in [-0.3, -0.25) is 14.9 Å². The highest BCUT2D eigenvalue weighted by Gasteiger charge is 2.23. The zero-order chi connectivity index (χ0) is 23.5. The Morgan fingerprint density at radius 3 is 2.58 bits per heavy atom. The molecule has 9 nitrogen and oxygen atoms in total. The van der Waals surface area contributed by atoms with Gasteiger partial charge in [0.15, 0.2) is 6.10 Å². The first-order chi connectivity index (χ1) is 15.8. The lowest BCUT2D eigenvalue weighted by Gasteiger charge is -2.15. The van der Waals surface area contributed by atoms with Crippen molar-refractivity contribution in [3.63, 3.8) is 0 Å². The highest BCUT2D eigenvalue weighted by Crippen LogP contribution is 2.25. The van der Waals surface area contributed by atoms with Gasteiger partial charge in [-0.05, 0) is 37.6 Å². The van der Waals surface area contributed by atoms with Gasteiger partial charge in [-0.2, -0.15) is 0 Å². The molecule has 0 aliphatic heterocycles. The van der Waals surface area contributed by atoms with E-state index in [1.165, 1.54) is 25.1 Å². The summed E-state index contributed by atoms with van der Waals surface area (Å²) < 4.78 is 5.40. The van der Waals surface area contributed by atoms with Crippen molar-refractivity contribution in [2.75, 3.05) is 5.32 Å². The van der Waals surface area contributed by atoms with E-state index in [0.29, 0.717) is 17.0 Å². The molecular formula is C24H20N4O5. The Hall–Kier alpha value is -4.53. The lowest BCUT2D eigenvalue weighted by Crippen LogP contribution is -2.30. The molecule has 0 spiro atoms. The van der Waals surface area contributed by atoms with Gasteiger partial charge in [-0.25, -0.2) is 9.78 Å². The number of amides is 1. The van der Waals surface area contributed by atoms with E-state index >= 15 is 0 Å². The number of non-ortho nitro benzene ring substituents is 1. The molecule has 4 aromatic rings. The van der Waals surface area contributed by atoms with Crippen molar-refractivity contribution in [3.05, 3.63) is 88.0 Å². The number of para-hydroxylation sites is 2. The van der Waals surface area contributed by atoms with Gasteiger partial charge in [0.1, 0.15) is 5.82 Å². The van der Waals surface area contributed by atoms with Crippen LogP contribution in [0.3, 0.4) is 0 Å². The van der Waals surface area contributed by atoms with Crippen molar-refractivity contribution in [2.24, 2.45) is 0 Å². The molecule has 1 amide bonds. The largest absolute Gasteiger partial charge is 0.449 e. The number of aromatic nitrogens is 2. The third-order valence-corrected chi connectivity index (χ3v) is 5.13. The van der Waals surface area contributed by atoms with Crippen molar-refractivity contribution in [3.8, 4) is 11.4 Å². The van der Waals surface area contributed by atoms with Crippen LogP contribution in [0.4, 0.5) is 11.4 Å². The molecule has 33 heavy (non-hydrogen) atoms. The summed E-state index contributed by atoms with van der Waals surface area (Å²) in [4.78, 5) is 43.7. The summed E-state index contributed by atoms with van der Waals surface area (Å²) in [6, 6.07) is 18.5. The van der Waals surface area contributed by atoms with Crippen LogP contribution in [0.15, 0.2) is 66.7 Å². The number of hydrogen-bond acceptors (Lipinski definition) is 6. The maximum atomic E-state index is 12.9. The average Bonchev–Trinajstić information content (AvgIpc) is 3.24. The lowest BCUT2D eigenvalue weighted by atomic mass is 10.1. The molecule has 1 heterocycles. The minimum absolute atomic E-state index is 0.152. The molecule has 0 aliphatic carbocycles. The predicted molar refractivity (Wildman–Crippen MR) is 123 cm³/mol. The second-order valence-corrected chi connectivity index (χ2v) is 7.44. The Bertz CT molecular complexity index is 1350. The van der Waals surface area contributed by atoms with Crippen LogP contribution >= 0.6 is 0 Å².